The van der Waals surface area contributed by atoms with Crippen molar-refractivity contribution in [3.8, 4) is 0 Å². The van der Waals surface area contributed by atoms with Gasteiger partial charge < -0.3 is 10.3 Å². The lowest BCUT2D eigenvalue weighted by Crippen LogP contribution is -1.93. The summed E-state index contributed by atoms with van der Waals surface area (Å²) in [6.45, 7) is 2.88. The van der Waals surface area contributed by atoms with Crippen molar-refractivity contribution in [3.05, 3.63) is 18.7 Å². The Balaban J connectivity index is 0.000000180. The summed E-state index contributed by atoms with van der Waals surface area (Å²) in [6, 6.07) is 0. The molecular weight excluding hydrogens is 126 g/mol. The average Bonchev–Trinajstić information content (AvgIpc) is 2.40. The lowest BCUT2D eigenvalue weighted by Gasteiger charge is -1.76. The zero-order valence-electron chi connectivity index (χ0n) is 6.62. The predicted molar refractivity (Wildman–Crippen MR) is 42.6 cm³/mol. The van der Waals surface area contributed by atoms with E-state index in [1.54, 1.807) is 12.5 Å². The molecule has 1 rings (SSSR count). The molecule has 3 heteroatoms. The number of aromatic nitrogens is 2. The van der Waals surface area contributed by atoms with Crippen LogP contribution in [0, 0.1) is 0 Å². The summed E-state index contributed by atoms with van der Waals surface area (Å²) < 4.78 is 1.89. The summed E-state index contributed by atoms with van der Waals surface area (Å²) in [6.07, 6.45) is 6.49. The molecule has 3 nitrogen and oxygen atoms in total. The quantitative estimate of drug-likeness (QED) is 0.628. The molecule has 0 bridgehead atoms. The fraction of sp³-hybridized carbons (Fsp3) is 0.571. The Morgan fingerprint density at radius 1 is 1.60 bits per heavy atom. The van der Waals surface area contributed by atoms with Crippen LogP contribution in [0.1, 0.15) is 13.3 Å². The molecule has 1 aromatic heterocycles. The van der Waals surface area contributed by atoms with E-state index in [1.807, 2.05) is 17.8 Å². The van der Waals surface area contributed by atoms with Gasteiger partial charge in [-0.1, -0.05) is 6.92 Å². The van der Waals surface area contributed by atoms with E-state index in [-0.39, 0.29) is 0 Å². The topological polar surface area (TPSA) is 43.8 Å². The van der Waals surface area contributed by atoms with E-state index in [4.69, 9.17) is 5.73 Å². The van der Waals surface area contributed by atoms with Crippen molar-refractivity contribution in [1.29, 1.82) is 0 Å². The van der Waals surface area contributed by atoms with Gasteiger partial charge in [0.25, 0.3) is 0 Å². The van der Waals surface area contributed by atoms with Crippen LogP contribution in [-0.2, 0) is 7.05 Å². The van der Waals surface area contributed by atoms with E-state index in [0.717, 1.165) is 13.0 Å². The molecule has 10 heavy (non-hydrogen) atoms. The highest BCUT2D eigenvalue weighted by atomic mass is 15.0. The third-order valence-electron chi connectivity index (χ3n) is 0.925. The molecule has 0 saturated heterocycles. The monoisotopic (exact) mass is 141 g/mol. The van der Waals surface area contributed by atoms with Crippen molar-refractivity contribution in [2.24, 2.45) is 12.8 Å². The van der Waals surface area contributed by atoms with E-state index >= 15 is 0 Å². The van der Waals surface area contributed by atoms with Gasteiger partial charge >= 0.3 is 0 Å². The molecule has 0 aliphatic carbocycles. The van der Waals surface area contributed by atoms with Crippen molar-refractivity contribution < 1.29 is 0 Å². The minimum Gasteiger partial charge on any atom is -0.341 e. The first-order chi connectivity index (χ1) is 4.81. The van der Waals surface area contributed by atoms with Gasteiger partial charge in [0.2, 0.25) is 0 Å². The van der Waals surface area contributed by atoms with E-state index in [2.05, 4.69) is 11.9 Å². The first-order valence-electron chi connectivity index (χ1n) is 3.43. The highest BCUT2D eigenvalue weighted by Gasteiger charge is 1.69. The van der Waals surface area contributed by atoms with Gasteiger partial charge in [-0.2, -0.15) is 0 Å². The van der Waals surface area contributed by atoms with Crippen LogP contribution in [0.15, 0.2) is 18.7 Å². The number of imidazole rings is 1. The molecule has 0 spiro atoms. The average molecular weight is 141 g/mol. The van der Waals surface area contributed by atoms with Crippen LogP contribution < -0.4 is 5.73 Å². The summed E-state index contributed by atoms with van der Waals surface area (Å²) in [5, 5.41) is 0. The van der Waals surface area contributed by atoms with Gasteiger partial charge in [-0.15, -0.1) is 0 Å². The number of aryl methyl sites for hydroxylation is 1. The van der Waals surface area contributed by atoms with Crippen molar-refractivity contribution in [1.82, 2.24) is 9.55 Å². The van der Waals surface area contributed by atoms with Crippen LogP contribution in [-0.4, -0.2) is 16.1 Å². The smallest absolute Gasteiger partial charge is 0.0943 e. The second-order valence-corrected chi connectivity index (χ2v) is 2.02. The highest BCUT2D eigenvalue weighted by molar-refractivity contribution is 4.70. The Bertz CT molecular complexity index is 133. The van der Waals surface area contributed by atoms with E-state index in [0.29, 0.717) is 0 Å². The van der Waals surface area contributed by atoms with Crippen LogP contribution >= 0.6 is 0 Å². The molecule has 1 heterocycles. The minimum absolute atomic E-state index is 0.819. The maximum Gasteiger partial charge on any atom is 0.0943 e. The number of hydrogen-bond donors (Lipinski definition) is 1. The molecule has 0 unspecified atom stereocenters. The minimum atomic E-state index is 0.819. The third-order valence-corrected chi connectivity index (χ3v) is 0.925. The van der Waals surface area contributed by atoms with Gasteiger partial charge in [-0.05, 0) is 13.0 Å². The van der Waals surface area contributed by atoms with Crippen LogP contribution in [0.4, 0.5) is 0 Å². The van der Waals surface area contributed by atoms with Crippen LogP contribution in [0.2, 0.25) is 0 Å². The Morgan fingerprint density at radius 3 is 2.30 bits per heavy atom. The van der Waals surface area contributed by atoms with Crippen LogP contribution in [0.25, 0.3) is 0 Å². The van der Waals surface area contributed by atoms with Gasteiger partial charge in [-0.25, -0.2) is 4.98 Å². The zero-order chi connectivity index (χ0) is 7.82. The van der Waals surface area contributed by atoms with Gasteiger partial charge in [-0.3, -0.25) is 0 Å². The standard InChI is InChI=1S/C4H6N2.C3H9N/c1-6-3-2-5-4-6;1-2-3-4/h2-4H,1H3;2-4H2,1H3. The van der Waals surface area contributed by atoms with Crippen molar-refractivity contribution in [3.63, 3.8) is 0 Å². The van der Waals surface area contributed by atoms with Gasteiger partial charge in [0.15, 0.2) is 0 Å². The molecule has 2 N–H and O–H groups in total. The molecule has 0 atom stereocenters. The van der Waals surface area contributed by atoms with Gasteiger partial charge in [0, 0.05) is 19.4 Å². The number of hydrogen-bond acceptors (Lipinski definition) is 2. The Morgan fingerprint density at radius 2 is 2.20 bits per heavy atom. The molecule has 0 radical (unpaired) electrons. The SMILES string of the molecule is CCCN.Cn1ccnc1. The molecule has 0 aliphatic heterocycles. The van der Waals surface area contributed by atoms with Crippen LogP contribution in [0.5, 0.6) is 0 Å². The summed E-state index contributed by atoms with van der Waals surface area (Å²) in [5.74, 6) is 0. The van der Waals surface area contributed by atoms with Gasteiger partial charge in [0.05, 0.1) is 6.33 Å². The maximum atomic E-state index is 5.03. The predicted octanol–water partition coefficient (Wildman–Crippen LogP) is 0.775. The fourth-order valence-electron chi connectivity index (χ4n) is 0.326. The molecule has 58 valence electrons. The van der Waals surface area contributed by atoms with Gasteiger partial charge in [0.1, 0.15) is 0 Å². The van der Waals surface area contributed by atoms with E-state index in [9.17, 15) is 0 Å². The molecule has 0 fully saturated rings. The molecule has 0 amide bonds. The lowest BCUT2D eigenvalue weighted by atomic mass is 10.5. The first-order valence-corrected chi connectivity index (χ1v) is 3.43. The second-order valence-electron chi connectivity index (χ2n) is 2.02. The Labute approximate surface area is 61.9 Å². The summed E-state index contributed by atoms with van der Waals surface area (Å²) in [7, 11) is 1.94. The normalized spacial score (nSPS) is 8.30. The Kier molecular flexibility index (Phi) is 5.77. The number of nitrogens with two attached hydrogens (primary N) is 1. The summed E-state index contributed by atoms with van der Waals surface area (Å²) >= 11 is 0. The van der Waals surface area contributed by atoms with Crippen molar-refractivity contribution in [2.75, 3.05) is 6.54 Å². The molecule has 1 aromatic rings. The highest BCUT2D eigenvalue weighted by Crippen LogP contribution is 1.73. The molecular formula is C7H15N3. The van der Waals surface area contributed by atoms with E-state index < -0.39 is 0 Å². The Hall–Kier alpha value is -0.830. The lowest BCUT2D eigenvalue weighted by molar-refractivity contribution is 0.913. The second kappa shape index (κ2) is 6.29. The largest absolute Gasteiger partial charge is 0.341 e. The third kappa shape index (κ3) is 5.31. The van der Waals surface area contributed by atoms with Crippen LogP contribution in [0.3, 0.4) is 0 Å². The summed E-state index contributed by atoms with van der Waals surface area (Å²) in [5.41, 5.74) is 5.03. The summed E-state index contributed by atoms with van der Waals surface area (Å²) in [4.78, 5) is 3.78. The molecule has 0 aliphatic rings. The molecule has 0 aromatic carbocycles. The first kappa shape index (κ1) is 9.17. The van der Waals surface area contributed by atoms with Crippen molar-refractivity contribution in [2.45, 2.75) is 13.3 Å². The number of nitrogens with zero attached hydrogens (tertiary/aromatic N) is 2. The fourth-order valence-corrected chi connectivity index (χ4v) is 0.326. The van der Waals surface area contributed by atoms with E-state index in [1.165, 1.54) is 0 Å². The zero-order valence-corrected chi connectivity index (χ0v) is 6.62. The molecule has 0 saturated carbocycles. The maximum absolute atomic E-state index is 5.03. The van der Waals surface area contributed by atoms with Crippen molar-refractivity contribution >= 4 is 0 Å². The number of rotatable bonds is 1.